The van der Waals surface area contributed by atoms with Crippen LogP contribution < -0.4 is 20.5 Å². The van der Waals surface area contributed by atoms with Gasteiger partial charge in [0.25, 0.3) is 0 Å². The Morgan fingerprint density at radius 1 is 1.23 bits per heavy atom. The van der Waals surface area contributed by atoms with Crippen LogP contribution in [0.3, 0.4) is 0 Å². The summed E-state index contributed by atoms with van der Waals surface area (Å²) in [5, 5.41) is 3.11. The second-order valence-corrected chi connectivity index (χ2v) is 6.30. The Labute approximate surface area is 155 Å². The van der Waals surface area contributed by atoms with Crippen molar-refractivity contribution in [3.63, 3.8) is 0 Å². The molecule has 1 aliphatic heterocycles. The lowest BCUT2D eigenvalue weighted by molar-refractivity contribution is 0.0203. The molecule has 1 heterocycles. The molecule has 146 valence electrons. The van der Waals surface area contributed by atoms with Crippen molar-refractivity contribution < 1.29 is 18.9 Å². The summed E-state index contributed by atoms with van der Waals surface area (Å²) in [6.45, 7) is 4.51. The van der Waals surface area contributed by atoms with Crippen molar-refractivity contribution >= 4 is 5.96 Å². The Morgan fingerprint density at radius 3 is 2.73 bits per heavy atom. The van der Waals surface area contributed by atoms with Crippen LogP contribution in [0.25, 0.3) is 0 Å². The fourth-order valence-corrected chi connectivity index (χ4v) is 2.77. The predicted molar refractivity (Wildman–Crippen MR) is 102 cm³/mol. The van der Waals surface area contributed by atoms with E-state index in [1.807, 2.05) is 18.2 Å². The molecule has 2 rings (SSSR count). The van der Waals surface area contributed by atoms with Crippen molar-refractivity contribution in [3.05, 3.63) is 23.8 Å². The standard InChI is InChI=1S/C19H31N3O4/c1-23-17-5-4-16(12-18(17)24-2)13-22-19(20)21-8-3-9-26-14-15-6-10-25-11-7-15/h4-5,12,15H,3,6-11,13-14H2,1-2H3,(H3,20,21,22). The van der Waals surface area contributed by atoms with Gasteiger partial charge >= 0.3 is 0 Å². The second kappa shape index (κ2) is 11.6. The molecule has 0 atom stereocenters. The number of guanidine groups is 1. The topological polar surface area (TPSA) is 87.3 Å². The van der Waals surface area contributed by atoms with Gasteiger partial charge in [-0.1, -0.05) is 6.07 Å². The van der Waals surface area contributed by atoms with Crippen LogP contribution in [-0.2, 0) is 16.0 Å². The number of ether oxygens (including phenoxy) is 4. The first-order valence-corrected chi connectivity index (χ1v) is 9.13. The zero-order valence-corrected chi connectivity index (χ0v) is 15.8. The third-order valence-corrected chi connectivity index (χ3v) is 4.35. The molecule has 0 spiro atoms. The number of benzene rings is 1. The quantitative estimate of drug-likeness (QED) is 0.374. The molecule has 0 amide bonds. The maximum atomic E-state index is 5.91. The van der Waals surface area contributed by atoms with Gasteiger partial charge in [0.15, 0.2) is 17.5 Å². The summed E-state index contributed by atoms with van der Waals surface area (Å²) in [5.41, 5.74) is 6.91. The van der Waals surface area contributed by atoms with Crippen LogP contribution >= 0.6 is 0 Å². The molecule has 26 heavy (non-hydrogen) atoms. The van der Waals surface area contributed by atoms with E-state index in [0.29, 0.717) is 29.9 Å². The van der Waals surface area contributed by atoms with Crippen molar-refractivity contribution in [2.45, 2.75) is 25.8 Å². The SMILES string of the molecule is COc1ccc(CN=C(N)NCCCOCC2CCOCC2)cc1OC. The molecule has 0 aliphatic carbocycles. The molecule has 1 aliphatic rings. The molecule has 1 aromatic rings. The monoisotopic (exact) mass is 365 g/mol. The average molecular weight is 365 g/mol. The van der Waals surface area contributed by atoms with Gasteiger partial charge in [0.1, 0.15) is 0 Å². The molecule has 0 unspecified atom stereocenters. The van der Waals surface area contributed by atoms with Crippen LogP contribution in [-0.4, -0.2) is 53.2 Å². The van der Waals surface area contributed by atoms with Crippen LogP contribution in [0.5, 0.6) is 11.5 Å². The number of nitrogens with one attached hydrogen (secondary N) is 1. The molecule has 1 fully saturated rings. The molecule has 3 N–H and O–H groups in total. The number of nitrogens with two attached hydrogens (primary N) is 1. The number of hydrogen-bond donors (Lipinski definition) is 2. The van der Waals surface area contributed by atoms with E-state index >= 15 is 0 Å². The lowest BCUT2D eigenvalue weighted by Crippen LogP contribution is -2.33. The Hall–Kier alpha value is -1.99. The molecule has 1 saturated heterocycles. The lowest BCUT2D eigenvalue weighted by Gasteiger charge is -2.21. The maximum absolute atomic E-state index is 5.91. The van der Waals surface area contributed by atoms with E-state index in [2.05, 4.69) is 10.3 Å². The minimum absolute atomic E-state index is 0.434. The van der Waals surface area contributed by atoms with Crippen molar-refractivity contribution in [1.82, 2.24) is 5.32 Å². The van der Waals surface area contributed by atoms with Gasteiger partial charge in [0.05, 0.1) is 20.8 Å². The second-order valence-electron chi connectivity index (χ2n) is 6.30. The fourth-order valence-electron chi connectivity index (χ4n) is 2.77. The van der Waals surface area contributed by atoms with Crippen LogP contribution in [0.2, 0.25) is 0 Å². The molecule has 7 nitrogen and oxygen atoms in total. The highest BCUT2D eigenvalue weighted by molar-refractivity contribution is 5.77. The average Bonchev–Trinajstić information content (AvgIpc) is 2.69. The summed E-state index contributed by atoms with van der Waals surface area (Å²) in [7, 11) is 3.23. The van der Waals surface area contributed by atoms with Gasteiger partial charge in [-0.05, 0) is 42.9 Å². The minimum Gasteiger partial charge on any atom is -0.493 e. The number of aliphatic imine (C=N–C) groups is 1. The van der Waals surface area contributed by atoms with Crippen molar-refractivity contribution in [2.24, 2.45) is 16.6 Å². The van der Waals surface area contributed by atoms with Crippen molar-refractivity contribution in [3.8, 4) is 11.5 Å². The molecule has 7 heteroatoms. The van der Waals surface area contributed by atoms with Gasteiger partial charge in [-0.2, -0.15) is 0 Å². The molecular weight excluding hydrogens is 334 g/mol. The molecule has 0 radical (unpaired) electrons. The van der Waals surface area contributed by atoms with Gasteiger partial charge in [-0.3, -0.25) is 0 Å². The first-order valence-electron chi connectivity index (χ1n) is 9.13. The zero-order valence-electron chi connectivity index (χ0n) is 15.8. The molecule has 0 saturated carbocycles. The van der Waals surface area contributed by atoms with E-state index in [0.717, 1.165) is 57.8 Å². The molecule has 0 bridgehead atoms. The zero-order chi connectivity index (χ0) is 18.6. The van der Waals surface area contributed by atoms with E-state index in [-0.39, 0.29) is 0 Å². The predicted octanol–water partition coefficient (Wildman–Crippen LogP) is 1.94. The lowest BCUT2D eigenvalue weighted by atomic mass is 10.0. The minimum atomic E-state index is 0.434. The van der Waals surface area contributed by atoms with Crippen LogP contribution in [0, 0.1) is 5.92 Å². The summed E-state index contributed by atoms with van der Waals surface area (Å²) in [6.07, 6.45) is 3.11. The first-order chi connectivity index (χ1) is 12.7. The fraction of sp³-hybridized carbons (Fsp3) is 0.632. The molecule has 0 aromatic heterocycles. The van der Waals surface area contributed by atoms with Gasteiger partial charge < -0.3 is 30.0 Å². The Balaban J connectivity index is 1.60. The largest absolute Gasteiger partial charge is 0.493 e. The van der Waals surface area contributed by atoms with Crippen LogP contribution in [0.15, 0.2) is 23.2 Å². The Kier molecular flexibility index (Phi) is 9.06. The van der Waals surface area contributed by atoms with Gasteiger partial charge in [0.2, 0.25) is 0 Å². The first kappa shape index (κ1) is 20.3. The van der Waals surface area contributed by atoms with Crippen LogP contribution in [0.4, 0.5) is 0 Å². The third-order valence-electron chi connectivity index (χ3n) is 4.35. The number of methoxy groups -OCH3 is 2. The van der Waals surface area contributed by atoms with E-state index in [4.69, 9.17) is 24.7 Å². The number of rotatable bonds is 10. The summed E-state index contributed by atoms with van der Waals surface area (Å²) < 4.78 is 21.6. The van der Waals surface area contributed by atoms with Gasteiger partial charge in [0, 0.05) is 33.0 Å². The van der Waals surface area contributed by atoms with Crippen LogP contribution in [0.1, 0.15) is 24.8 Å². The highest BCUT2D eigenvalue weighted by atomic mass is 16.5. The van der Waals surface area contributed by atoms with E-state index in [1.54, 1.807) is 14.2 Å². The Morgan fingerprint density at radius 2 is 2.00 bits per heavy atom. The normalized spacial score (nSPS) is 15.7. The highest BCUT2D eigenvalue weighted by Gasteiger charge is 2.13. The van der Waals surface area contributed by atoms with Crippen molar-refractivity contribution in [2.75, 3.05) is 47.2 Å². The number of hydrogen-bond acceptors (Lipinski definition) is 5. The molecular formula is C19H31N3O4. The van der Waals surface area contributed by atoms with Crippen molar-refractivity contribution in [1.29, 1.82) is 0 Å². The smallest absolute Gasteiger partial charge is 0.188 e. The van der Waals surface area contributed by atoms with E-state index in [1.165, 1.54) is 0 Å². The third kappa shape index (κ3) is 7.09. The highest BCUT2D eigenvalue weighted by Crippen LogP contribution is 2.27. The van der Waals surface area contributed by atoms with Gasteiger partial charge in [-0.25, -0.2) is 4.99 Å². The summed E-state index contributed by atoms with van der Waals surface area (Å²) >= 11 is 0. The number of nitrogens with zero attached hydrogens (tertiary/aromatic N) is 1. The summed E-state index contributed by atoms with van der Waals surface area (Å²) in [6, 6.07) is 5.71. The van der Waals surface area contributed by atoms with Gasteiger partial charge in [-0.15, -0.1) is 0 Å². The summed E-state index contributed by atoms with van der Waals surface area (Å²) in [5.74, 6) is 2.47. The van der Waals surface area contributed by atoms with E-state index < -0.39 is 0 Å². The maximum Gasteiger partial charge on any atom is 0.188 e. The molecule has 1 aromatic carbocycles. The van der Waals surface area contributed by atoms with E-state index in [9.17, 15) is 0 Å². The summed E-state index contributed by atoms with van der Waals surface area (Å²) in [4.78, 5) is 4.35. The Bertz CT molecular complexity index is 560.